The van der Waals surface area contributed by atoms with Crippen LogP contribution in [-0.2, 0) is 0 Å². The van der Waals surface area contributed by atoms with Crippen molar-refractivity contribution in [3.8, 4) is 5.75 Å². The van der Waals surface area contributed by atoms with Crippen LogP contribution in [0.1, 0.15) is 15.9 Å². The van der Waals surface area contributed by atoms with Gasteiger partial charge in [0.2, 0.25) is 0 Å². The second-order valence-electron chi connectivity index (χ2n) is 4.05. The molecule has 0 aliphatic heterocycles. The lowest BCUT2D eigenvalue weighted by Gasteiger charge is -2.09. The lowest BCUT2D eigenvalue weighted by molar-refractivity contribution is 0.102. The number of amides is 1. The minimum absolute atomic E-state index is 0.0764. The lowest BCUT2D eigenvalue weighted by atomic mass is 10.1. The van der Waals surface area contributed by atoms with Gasteiger partial charge in [-0.2, -0.15) is 0 Å². The summed E-state index contributed by atoms with van der Waals surface area (Å²) in [6.07, 6.45) is 0. The second-order valence-corrected chi connectivity index (χ2v) is 4.90. The van der Waals surface area contributed by atoms with Crippen LogP contribution in [0.2, 0.25) is 0 Å². The van der Waals surface area contributed by atoms with Gasteiger partial charge >= 0.3 is 0 Å². The number of aryl methyl sites for hydroxylation is 1. The van der Waals surface area contributed by atoms with Crippen molar-refractivity contribution in [3.05, 3.63) is 57.8 Å². The molecule has 19 heavy (non-hydrogen) atoms. The fourth-order valence-electron chi connectivity index (χ4n) is 1.63. The Kier molecular flexibility index (Phi) is 3.85. The average Bonchev–Trinajstić information content (AvgIpc) is 2.37. The van der Waals surface area contributed by atoms with Crippen molar-refractivity contribution in [2.24, 2.45) is 0 Å². The van der Waals surface area contributed by atoms with E-state index in [0.29, 0.717) is 15.7 Å². The summed E-state index contributed by atoms with van der Waals surface area (Å²) in [4.78, 5) is 12.0. The first-order valence-corrected chi connectivity index (χ1v) is 6.33. The monoisotopic (exact) mass is 323 g/mol. The number of rotatable bonds is 2. The number of phenolic OH excluding ortho intramolecular Hbond substituents is 1. The number of carbonyl (C=O) groups excluding carboxylic acids is 1. The third-order valence-electron chi connectivity index (χ3n) is 2.66. The van der Waals surface area contributed by atoms with E-state index in [0.717, 1.165) is 0 Å². The number of nitrogens with one attached hydrogen (secondary N) is 1. The molecule has 0 saturated heterocycles. The summed E-state index contributed by atoms with van der Waals surface area (Å²) in [6.45, 7) is 1.70. The van der Waals surface area contributed by atoms with E-state index >= 15 is 0 Å². The molecule has 1 amide bonds. The van der Waals surface area contributed by atoms with Crippen LogP contribution in [0.15, 0.2) is 40.9 Å². The molecule has 0 aliphatic rings. The predicted molar refractivity (Wildman–Crippen MR) is 74.9 cm³/mol. The number of hydrogen-bond acceptors (Lipinski definition) is 2. The quantitative estimate of drug-likeness (QED) is 0.881. The summed E-state index contributed by atoms with van der Waals surface area (Å²) in [5.74, 6) is -1.02. The first-order valence-electron chi connectivity index (χ1n) is 5.54. The van der Waals surface area contributed by atoms with Gasteiger partial charge in [-0.15, -0.1) is 0 Å². The molecule has 2 aromatic rings. The van der Waals surface area contributed by atoms with Crippen LogP contribution in [0.3, 0.4) is 0 Å². The van der Waals surface area contributed by atoms with E-state index in [1.54, 1.807) is 19.1 Å². The molecule has 0 heterocycles. The van der Waals surface area contributed by atoms with E-state index in [-0.39, 0.29) is 11.3 Å². The van der Waals surface area contributed by atoms with E-state index in [9.17, 15) is 14.3 Å². The smallest absolute Gasteiger partial charge is 0.259 e. The Labute approximate surface area is 118 Å². The molecule has 0 aliphatic carbocycles. The number of halogens is 2. The molecule has 0 saturated carbocycles. The topological polar surface area (TPSA) is 49.3 Å². The molecule has 0 bridgehead atoms. The standard InChI is InChI=1S/C14H11BrFNO2/c1-8-3-2-4-10(13(8)18)14(19)17-12-7-9(16)5-6-11(12)15/h2-7,18H,1H3,(H,17,19). The summed E-state index contributed by atoms with van der Waals surface area (Å²) in [6, 6.07) is 8.86. The number of para-hydroxylation sites is 1. The summed E-state index contributed by atoms with van der Waals surface area (Å²) in [7, 11) is 0. The molecule has 3 nitrogen and oxygen atoms in total. The molecule has 0 atom stereocenters. The Morgan fingerprint density at radius 1 is 1.32 bits per heavy atom. The highest BCUT2D eigenvalue weighted by molar-refractivity contribution is 9.10. The van der Waals surface area contributed by atoms with Crippen molar-refractivity contribution in [1.29, 1.82) is 0 Å². The van der Waals surface area contributed by atoms with E-state index in [1.165, 1.54) is 24.3 Å². The van der Waals surface area contributed by atoms with Crippen molar-refractivity contribution in [2.45, 2.75) is 6.92 Å². The molecule has 2 aromatic carbocycles. The zero-order valence-corrected chi connectivity index (χ0v) is 11.7. The molecular formula is C14H11BrFNO2. The number of hydrogen-bond donors (Lipinski definition) is 2. The molecule has 0 fully saturated rings. The molecule has 2 N–H and O–H groups in total. The van der Waals surface area contributed by atoms with Crippen LogP contribution < -0.4 is 5.32 Å². The Morgan fingerprint density at radius 2 is 2.05 bits per heavy atom. The van der Waals surface area contributed by atoms with Gasteiger partial charge in [-0.25, -0.2) is 4.39 Å². The first kappa shape index (κ1) is 13.5. The van der Waals surface area contributed by atoms with E-state index in [1.807, 2.05) is 0 Å². The molecule has 0 aromatic heterocycles. The zero-order chi connectivity index (χ0) is 14.0. The highest BCUT2D eigenvalue weighted by atomic mass is 79.9. The van der Waals surface area contributed by atoms with Gasteiger partial charge in [0, 0.05) is 4.47 Å². The first-order chi connectivity index (χ1) is 8.99. The summed E-state index contributed by atoms with van der Waals surface area (Å²) >= 11 is 3.22. The number of benzene rings is 2. The predicted octanol–water partition coefficient (Wildman–Crippen LogP) is 3.85. The second kappa shape index (κ2) is 5.40. The number of anilines is 1. The van der Waals surface area contributed by atoms with Gasteiger partial charge in [-0.05, 0) is 52.7 Å². The molecule has 0 radical (unpaired) electrons. The molecule has 98 valence electrons. The number of carbonyl (C=O) groups is 1. The van der Waals surface area contributed by atoms with Crippen LogP contribution in [0.5, 0.6) is 5.75 Å². The molecular weight excluding hydrogens is 313 g/mol. The summed E-state index contributed by atoms with van der Waals surface area (Å²) in [5.41, 5.74) is 1.06. The third kappa shape index (κ3) is 2.93. The molecule has 5 heteroatoms. The fraction of sp³-hybridized carbons (Fsp3) is 0.0714. The van der Waals surface area contributed by atoms with Gasteiger partial charge in [0.25, 0.3) is 5.91 Å². The van der Waals surface area contributed by atoms with Gasteiger partial charge in [0.15, 0.2) is 0 Å². The van der Waals surface area contributed by atoms with Crippen molar-refractivity contribution in [2.75, 3.05) is 5.32 Å². The van der Waals surface area contributed by atoms with Gasteiger partial charge in [0.1, 0.15) is 11.6 Å². The van der Waals surface area contributed by atoms with Crippen molar-refractivity contribution in [3.63, 3.8) is 0 Å². The van der Waals surface area contributed by atoms with Gasteiger partial charge in [-0.3, -0.25) is 4.79 Å². The normalized spacial score (nSPS) is 10.3. The fourth-order valence-corrected chi connectivity index (χ4v) is 1.97. The summed E-state index contributed by atoms with van der Waals surface area (Å²) < 4.78 is 13.7. The minimum Gasteiger partial charge on any atom is -0.507 e. The Hall–Kier alpha value is -1.88. The third-order valence-corrected chi connectivity index (χ3v) is 3.35. The molecule has 0 spiro atoms. The number of phenols is 1. The zero-order valence-electron chi connectivity index (χ0n) is 10.1. The maximum atomic E-state index is 13.1. The van der Waals surface area contributed by atoms with Gasteiger partial charge < -0.3 is 10.4 Å². The maximum absolute atomic E-state index is 13.1. The Morgan fingerprint density at radius 3 is 2.79 bits per heavy atom. The Bertz CT molecular complexity index is 643. The van der Waals surface area contributed by atoms with Crippen LogP contribution in [0.25, 0.3) is 0 Å². The Balaban J connectivity index is 2.31. The van der Waals surface area contributed by atoms with Crippen molar-refractivity contribution >= 4 is 27.5 Å². The lowest BCUT2D eigenvalue weighted by Crippen LogP contribution is -2.13. The minimum atomic E-state index is -0.493. The van der Waals surface area contributed by atoms with Gasteiger partial charge in [0.05, 0.1) is 11.3 Å². The average molecular weight is 324 g/mol. The summed E-state index contributed by atoms with van der Waals surface area (Å²) in [5, 5.41) is 12.4. The maximum Gasteiger partial charge on any atom is 0.259 e. The van der Waals surface area contributed by atoms with E-state index in [4.69, 9.17) is 0 Å². The molecule has 2 rings (SSSR count). The van der Waals surface area contributed by atoms with E-state index < -0.39 is 11.7 Å². The van der Waals surface area contributed by atoms with Crippen LogP contribution in [0, 0.1) is 12.7 Å². The van der Waals surface area contributed by atoms with Crippen LogP contribution in [0.4, 0.5) is 10.1 Å². The van der Waals surface area contributed by atoms with Crippen LogP contribution in [-0.4, -0.2) is 11.0 Å². The number of aromatic hydroxyl groups is 1. The SMILES string of the molecule is Cc1cccc(C(=O)Nc2cc(F)ccc2Br)c1O. The van der Waals surface area contributed by atoms with Crippen LogP contribution >= 0.6 is 15.9 Å². The highest BCUT2D eigenvalue weighted by Crippen LogP contribution is 2.26. The molecule has 0 unspecified atom stereocenters. The van der Waals surface area contributed by atoms with Crippen molar-refractivity contribution in [1.82, 2.24) is 0 Å². The van der Waals surface area contributed by atoms with E-state index in [2.05, 4.69) is 21.2 Å². The highest BCUT2D eigenvalue weighted by Gasteiger charge is 2.14. The largest absolute Gasteiger partial charge is 0.507 e. The van der Waals surface area contributed by atoms with Gasteiger partial charge in [-0.1, -0.05) is 12.1 Å². The van der Waals surface area contributed by atoms with Crippen molar-refractivity contribution < 1.29 is 14.3 Å².